The van der Waals surface area contributed by atoms with Crippen molar-refractivity contribution in [1.82, 2.24) is 5.32 Å². The maximum absolute atomic E-state index is 5.97. The van der Waals surface area contributed by atoms with Gasteiger partial charge in [0.15, 0.2) is 0 Å². The van der Waals surface area contributed by atoms with Crippen LogP contribution in [0.5, 0.6) is 0 Å². The molecule has 0 aromatic rings. The second-order valence-corrected chi connectivity index (χ2v) is 6.22. The van der Waals surface area contributed by atoms with Crippen LogP contribution in [-0.4, -0.2) is 24.3 Å². The van der Waals surface area contributed by atoms with Gasteiger partial charge in [-0.2, -0.15) is 0 Å². The Hall–Kier alpha value is -0.0800. The zero-order valence-electron chi connectivity index (χ0n) is 10.5. The first kappa shape index (κ1) is 11.0. The minimum absolute atomic E-state index is 0.301. The van der Waals surface area contributed by atoms with Gasteiger partial charge in [-0.25, -0.2) is 0 Å². The molecule has 1 heterocycles. The third-order valence-electron chi connectivity index (χ3n) is 5.11. The molecule has 0 amide bonds. The van der Waals surface area contributed by atoms with Gasteiger partial charge in [-0.1, -0.05) is 6.42 Å². The van der Waals surface area contributed by atoms with Crippen LogP contribution in [-0.2, 0) is 4.74 Å². The first-order valence-electron chi connectivity index (χ1n) is 7.17. The highest BCUT2D eigenvalue weighted by Gasteiger charge is 2.43. The molecule has 1 aliphatic heterocycles. The predicted octanol–water partition coefficient (Wildman–Crippen LogP) is 2.87. The summed E-state index contributed by atoms with van der Waals surface area (Å²) in [6.07, 6.45) is 10.8. The van der Waals surface area contributed by atoms with Crippen LogP contribution < -0.4 is 5.32 Å². The lowest BCUT2D eigenvalue weighted by molar-refractivity contribution is -0.136. The van der Waals surface area contributed by atoms with Crippen LogP contribution in [0.2, 0.25) is 0 Å². The third-order valence-corrected chi connectivity index (χ3v) is 5.11. The first-order chi connectivity index (χ1) is 7.77. The Bertz CT molecular complexity index is 245. The zero-order valence-corrected chi connectivity index (χ0v) is 10.5. The monoisotopic (exact) mass is 223 g/mol. The van der Waals surface area contributed by atoms with Gasteiger partial charge in [-0.3, -0.25) is 0 Å². The molecule has 3 rings (SSSR count). The first-order valence-corrected chi connectivity index (χ1v) is 7.17. The molecular weight excluding hydrogens is 198 g/mol. The van der Waals surface area contributed by atoms with E-state index in [-0.39, 0.29) is 0 Å². The minimum atomic E-state index is 0.301. The van der Waals surface area contributed by atoms with E-state index in [4.69, 9.17) is 4.74 Å². The van der Waals surface area contributed by atoms with Crippen LogP contribution in [0.25, 0.3) is 0 Å². The quantitative estimate of drug-likeness (QED) is 0.794. The van der Waals surface area contributed by atoms with Crippen LogP contribution in [0.15, 0.2) is 0 Å². The van der Waals surface area contributed by atoms with Gasteiger partial charge >= 0.3 is 0 Å². The maximum Gasteiger partial charge on any atom is 0.0697 e. The minimum Gasteiger partial charge on any atom is -0.375 e. The van der Waals surface area contributed by atoms with Crippen LogP contribution >= 0.6 is 0 Å². The molecule has 3 aliphatic rings. The van der Waals surface area contributed by atoms with Gasteiger partial charge in [0.05, 0.1) is 5.60 Å². The topological polar surface area (TPSA) is 21.3 Å². The number of ether oxygens (including phenoxy) is 1. The molecule has 1 spiro atoms. The Balaban J connectivity index is 1.50. The van der Waals surface area contributed by atoms with E-state index in [9.17, 15) is 0 Å². The van der Waals surface area contributed by atoms with Crippen LogP contribution in [0, 0.1) is 5.92 Å². The number of hydrogen-bond acceptors (Lipinski definition) is 2. The normalized spacial score (nSPS) is 35.4. The number of nitrogens with one attached hydrogen (secondary N) is 1. The molecular formula is C14H25NO. The molecule has 3 fully saturated rings. The molecule has 0 aromatic carbocycles. The summed E-state index contributed by atoms with van der Waals surface area (Å²) < 4.78 is 5.97. The third kappa shape index (κ3) is 2.02. The van der Waals surface area contributed by atoms with E-state index in [1.165, 1.54) is 51.4 Å². The summed E-state index contributed by atoms with van der Waals surface area (Å²) in [5.41, 5.74) is 0.301. The highest BCUT2D eigenvalue weighted by atomic mass is 16.5. The molecule has 92 valence electrons. The van der Waals surface area contributed by atoms with E-state index in [1.807, 2.05) is 0 Å². The summed E-state index contributed by atoms with van der Waals surface area (Å²) >= 11 is 0. The fourth-order valence-corrected chi connectivity index (χ4v) is 3.54. The average molecular weight is 223 g/mol. The van der Waals surface area contributed by atoms with Gasteiger partial charge in [0.2, 0.25) is 0 Å². The summed E-state index contributed by atoms with van der Waals surface area (Å²) in [5.74, 6) is 0.959. The molecule has 1 saturated heterocycles. The Morgan fingerprint density at radius 2 is 2.00 bits per heavy atom. The van der Waals surface area contributed by atoms with Gasteiger partial charge < -0.3 is 10.1 Å². The highest BCUT2D eigenvalue weighted by Crippen LogP contribution is 2.42. The highest BCUT2D eigenvalue weighted by molar-refractivity contribution is 4.97. The summed E-state index contributed by atoms with van der Waals surface area (Å²) in [4.78, 5) is 0. The lowest BCUT2D eigenvalue weighted by Gasteiger charge is -2.48. The molecule has 0 radical (unpaired) electrons. The molecule has 16 heavy (non-hydrogen) atoms. The van der Waals surface area contributed by atoms with Crippen molar-refractivity contribution < 1.29 is 4.74 Å². The fraction of sp³-hybridized carbons (Fsp3) is 1.00. The Labute approximate surface area is 99.1 Å². The predicted molar refractivity (Wildman–Crippen MR) is 65.5 cm³/mol. The van der Waals surface area contributed by atoms with Crippen LogP contribution in [0.4, 0.5) is 0 Å². The standard InChI is InChI=1S/C14H25NO/c1-11(12-4-2-5-12)15-13-6-9-16-14(10-13)7-3-8-14/h11-13,15H,2-10H2,1H3. The van der Waals surface area contributed by atoms with Crippen molar-refractivity contribution in [1.29, 1.82) is 0 Å². The second-order valence-electron chi connectivity index (χ2n) is 6.22. The Kier molecular flexibility index (Phi) is 2.97. The summed E-state index contributed by atoms with van der Waals surface area (Å²) in [6.45, 7) is 3.36. The SMILES string of the molecule is CC(NC1CCOC2(CCC2)C1)C1CCC1. The molecule has 2 nitrogen and oxygen atoms in total. The molecule has 0 aromatic heterocycles. The second kappa shape index (κ2) is 4.30. The van der Waals surface area contributed by atoms with Crippen LogP contribution in [0.1, 0.15) is 58.3 Å². The lowest BCUT2D eigenvalue weighted by Crippen LogP contribution is -2.53. The number of hydrogen-bond donors (Lipinski definition) is 1. The largest absolute Gasteiger partial charge is 0.375 e. The molecule has 1 N–H and O–H groups in total. The van der Waals surface area contributed by atoms with Crippen LogP contribution in [0.3, 0.4) is 0 Å². The van der Waals surface area contributed by atoms with Crippen molar-refractivity contribution in [3.05, 3.63) is 0 Å². The summed E-state index contributed by atoms with van der Waals surface area (Å²) in [7, 11) is 0. The van der Waals surface area contributed by atoms with Crippen molar-refractivity contribution in [3.8, 4) is 0 Å². The van der Waals surface area contributed by atoms with E-state index in [0.717, 1.165) is 24.6 Å². The zero-order chi connectivity index (χ0) is 11.0. The Morgan fingerprint density at radius 1 is 1.19 bits per heavy atom. The van der Waals surface area contributed by atoms with Gasteiger partial charge in [-0.15, -0.1) is 0 Å². The van der Waals surface area contributed by atoms with Gasteiger partial charge in [0.25, 0.3) is 0 Å². The van der Waals surface area contributed by atoms with Crippen molar-refractivity contribution in [3.63, 3.8) is 0 Å². The maximum atomic E-state index is 5.97. The van der Waals surface area contributed by atoms with E-state index in [2.05, 4.69) is 12.2 Å². The lowest BCUT2D eigenvalue weighted by atomic mass is 9.73. The molecule has 2 unspecified atom stereocenters. The van der Waals surface area contributed by atoms with Crippen molar-refractivity contribution in [2.75, 3.05) is 6.61 Å². The average Bonchev–Trinajstić information content (AvgIpc) is 2.12. The molecule has 2 aliphatic carbocycles. The number of rotatable bonds is 3. The summed E-state index contributed by atoms with van der Waals surface area (Å²) in [6, 6.07) is 1.46. The van der Waals surface area contributed by atoms with E-state index in [0.29, 0.717) is 5.60 Å². The molecule has 2 atom stereocenters. The fourth-order valence-electron chi connectivity index (χ4n) is 3.54. The van der Waals surface area contributed by atoms with Crippen molar-refractivity contribution in [2.45, 2.75) is 76.0 Å². The van der Waals surface area contributed by atoms with Gasteiger partial charge in [-0.05, 0) is 57.8 Å². The Morgan fingerprint density at radius 3 is 2.56 bits per heavy atom. The van der Waals surface area contributed by atoms with Crippen molar-refractivity contribution in [2.24, 2.45) is 5.92 Å². The van der Waals surface area contributed by atoms with E-state index in [1.54, 1.807) is 0 Å². The molecule has 2 saturated carbocycles. The molecule has 2 heteroatoms. The smallest absolute Gasteiger partial charge is 0.0697 e. The van der Waals surface area contributed by atoms with Crippen molar-refractivity contribution >= 4 is 0 Å². The van der Waals surface area contributed by atoms with Gasteiger partial charge in [0, 0.05) is 18.7 Å². The summed E-state index contributed by atoms with van der Waals surface area (Å²) in [5, 5.41) is 3.86. The van der Waals surface area contributed by atoms with Gasteiger partial charge in [0.1, 0.15) is 0 Å². The van der Waals surface area contributed by atoms with E-state index < -0.39 is 0 Å². The molecule has 0 bridgehead atoms. The van der Waals surface area contributed by atoms with E-state index >= 15 is 0 Å².